The molecule has 0 aliphatic carbocycles. The summed E-state index contributed by atoms with van der Waals surface area (Å²) in [6.45, 7) is 5.94. The van der Waals surface area contributed by atoms with Crippen molar-refractivity contribution in [3.8, 4) is 39.4 Å². The van der Waals surface area contributed by atoms with Crippen molar-refractivity contribution >= 4 is 0 Å². The van der Waals surface area contributed by atoms with E-state index in [-0.39, 0.29) is 11.7 Å². The van der Waals surface area contributed by atoms with Gasteiger partial charge in [-0.05, 0) is 73.4 Å². The first-order valence-corrected chi connectivity index (χ1v) is 9.43. The van der Waals surface area contributed by atoms with Crippen LogP contribution in [0.5, 0.6) is 5.88 Å². The Bertz CT molecular complexity index is 1180. The number of aromatic nitrogens is 2. The van der Waals surface area contributed by atoms with Crippen LogP contribution in [0.15, 0.2) is 66.9 Å². The van der Waals surface area contributed by atoms with E-state index in [1.165, 1.54) is 12.1 Å². The molecule has 0 saturated heterocycles. The first-order valence-electron chi connectivity index (χ1n) is 9.43. The summed E-state index contributed by atoms with van der Waals surface area (Å²) in [6.07, 6.45) is 1.80. The second-order valence-corrected chi connectivity index (χ2v) is 7.19. The van der Waals surface area contributed by atoms with E-state index in [9.17, 15) is 9.50 Å². The first-order chi connectivity index (χ1) is 13.9. The summed E-state index contributed by atoms with van der Waals surface area (Å²) in [7, 11) is 0. The molecule has 0 atom stereocenters. The second kappa shape index (κ2) is 7.47. The van der Waals surface area contributed by atoms with Crippen molar-refractivity contribution in [2.75, 3.05) is 0 Å². The minimum absolute atomic E-state index is 0.0301. The fraction of sp³-hybridized carbons (Fsp3) is 0.120. The number of hydrogen-bond acceptors (Lipinski definition) is 3. The van der Waals surface area contributed by atoms with Gasteiger partial charge >= 0.3 is 0 Å². The zero-order valence-corrected chi connectivity index (χ0v) is 16.6. The highest BCUT2D eigenvalue weighted by atomic mass is 19.1. The predicted molar refractivity (Wildman–Crippen MR) is 114 cm³/mol. The van der Waals surface area contributed by atoms with Gasteiger partial charge in [0.15, 0.2) is 0 Å². The summed E-state index contributed by atoms with van der Waals surface area (Å²) >= 11 is 0. The van der Waals surface area contributed by atoms with Gasteiger partial charge in [0.2, 0.25) is 5.88 Å². The van der Waals surface area contributed by atoms with Gasteiger partial charge in [-0.3, -0.25) is 4.98 Å². The molecule has 2 aromatic carbocycles. The molecule has 0 radical (unpaired) electrons. The maximum Gasteiger partial charge on any atom is 0.219 e. The van der Waals surface area contributed by atoms with Gasteiger partial charge in [-0.25, -0.2) is 9.37 Å². The lowest BCUT2D eigenvalue weighted by Gasteiger charge is -2.15. The molecule has 0 amide bonds. The zero-order valence-electron chi connectivity index (χ0n) is 16.6. The summed E-state index contributed by atoms with van der Waals surface area (Å²) in [6, 6.07) is 18.2. The summed E-state index contributed by atoms with van der Waals surface area (Å²) < 4.78 is 13.2. The van der Waals surface area contributed by atoms with Crippen LogP contribution in [0, 0.1) is 26.6 Å². The molecule has 0 aliphatic rings. The number of nitrogens with zero attached hydrogens (tertiary/aromatic N) is 2. The van der Waals surface area contributed by atoms with Gasteiger partial charge in [-0.15, -0.1) is 0 Å². The highest BCUT2D eigenvalue weighted by molar-refractivity contribution is 5.81. The first kappa shape index (κ1) is 18.8. The Hall–Kier alpha value is -3.53. The summed E-state index contributed by atoms with van der Waals surface area (Å²) in [5.41, 5.74) is 8.29. The van der Waals surface area contributed by atoms with Gasteiger partial charge in [0.05, 0.1) is 5.69 Å². The SMILES string of the molecule is Cc1ccc(-c2ccc(C)c(-c3ccc(-c4ccc(F)cc4)cn3)c2C)c(O)n1. The topological polar surface area (TPSA) is 46.0 Å². The molecule has 4 aromatic rings. The fourth-order valence-corrected chi connectivity index (χ4v) is 3.64. The Morgan fingerprint density at radius 1 is 0.759 bits per heavy atom. The standard InChI is InChI=1S/C25H21FN2O/c1-15-4-11-21(22-12-5-16(2)28-25(22)29)17(3)24(15)23-13-8-19(14-27-23)18-6-9-20(26)10-7-18/h4-14H,1-3H3,(H,28,29). The van der Waals surface area contributed by atoms with Crippen LogP contribution in [-0.2, 0) is 0 Å². The Morgan fingerprint density at radius 2 is 1.45 bits per heavy atom. The summed E-state index contributed by atoms with van der Waals surface area (Å²) in [4.78, 5) is 8.85. The molecule has 4 rings (SSSR count). The number of benzene rings is 2. The molecular formula is C25H21FN2O. The highest BCUT2D eigenvalue weighted by Crippen LogP contribution is 2.37. The lowest BCUT2D eigenvalue weighted by atomic mass is 9.91. The maximum atomic E-state index is 13.2. The van der Waals surface area contributed by atoms with Crippen molar-refractivity contribution in [2.24, 2.45) is 0 Å². The molecular weight excluding hydrogens is 363 g/mol. The average molecular weight is 384 g/mol. The molecule has 0 spiro atoms. The molecule has 4 heteroatoms. The zero-order chi connectivity index (χ0) is 20.5. The highest BCUT2D eigenvalue weighted by Gasteiger charge is 2.15. The van der Waals surface area contributed by atoms with E-state index < -0.39 is 0 Å². The minimum Gasteiger partial charge on any atom is -0.493 e. The third-order valence-corrected chi connectivity index (χ3v) is 5.18. The Kier molecular flexibility index (Phi) is 4.85. The number of aromatic hydroxyl groups is 1. The minimum atomic E-state index is -0.254. The van der Waals surface area contributed by atoms with Crippen LogP contribution < -0.4 is 0 Å². The Labute approximate surface area is 169 Å². The van der Waals surface area contributed by atoms with Crippen molar-refractivity contribution in [2.45, 2.75) is 20.8 Å². The van der Waals surface area contributed by atoms with E-state index in [1.54, 1.807) is 18.3 Å². The van der Waals surface area contributed by atoms with Gasteiger partial charge in [-0.1, -0.05) is 30.3 Å². The lowest BCUT2D eigenvalue weighted by molar-refractivity contribution is 0.454. The molecule has 0 fully saturated rings. The van der Waals surface area contributed by atoms with E-state index in [0.717, 1.165) is 44.8 Å². The summed E-state index contributed by atoms with van der Waals surface area (Å²) in [5.74, 6) is -0.224. The molecule has 2 heterocycles. The van der Waals surface area contributed by atoms with Crippen molar-refractivity contribution in [1.82, 2.24) is 9.97 Å². The average Bonchev–Trinajstić information content (AvgIpc) is 2.70. The smallest absolute Gasteiger partial charge is 0.219 e. The van der Waals surface area contributed by atoms with E-state index >= 15 is 0 Å². The van der Waals surface area contributed by atoms with E-state index in [0.29, 0.717) is 5.56 Å². The van der Waals surface area contributed by atoms with Crippen LogP contribution in [0.4, 0.5) is 4.39 Å². The summed E-state index contributed by atoms with van der Waals surface area (Å²) in [5, 5.41) is 10.3. The van der Waals surface area contributed by atoms with Gasteiger partial charge in [0, 0.05) is 28.6 Å². The van der Waals surface area contributed by atoms with Gasteiger partial charge in [0.25, 0.3) is 0 Å². The number of rotatable bonds is 3. The Balaban J connectivity index is 1.78. The molecule has 0 saturated carbocycles. The second-order valence-electron chi connectivity index (χ2n) is 7.19. The number of aryl methyl sites for hydroxylation is 2. The van der Waals surface area contributed by atoms with Gasteiger partial charge in [-0.2, -0.15) is 0 Å². The third-order valence-electron chi connectivity index (χ3n) is 5.18. The number of pyridine rings is 2. The number of halogens is 1. The third kappa shape index (κ3) is 3.61. The van der Waals surface area contributed by atoms with Gasteiger partial charge in [0.1, 0.15) is 5.82 Å². The van der Waals surface area contributed by atoms with Crippen LogP contribution >= 0.6 is 0 Å². The van der Waals surface area contributed by atoms with Crippen molar-refractivity contribution in [3.05, 3.63) is 89.5 Å². The number of hydrogen-bond donors (Lipinski definition) is 1. The van der Waals surface area contributed by atoms with Crippen LogP contribution in [0.25, 0.3) is 33.5 Å². The molecule has 0 bridgehead atoms. The monoisotopic (exact) mass is 384 g/mol. The van der Waals surface area contributed by atoms with Crippen LogP contribution in [0.2, 0.25) is 0 Å². The molecule has 1 N–H and O–H groups in total. The van der Waals surface area contributed by atoms with Gasteiger partial charge < -0.3 is 5.11 Å². The Morgan fingerprint density at radius 3 is 2.10 bits per heavy atom. The van der Waals surface area contributed by atoms with Crippen LogP contribution in [-0.4, -0.2) is 15.1 Å². The largest absolute Gasteiger partial charge is 0.493 e. The van der Waals surface area contributed by atoms with Crippen LogP contribution in [0.1, 0.15) is 16.8 Å². The molecule has 144 valence electrons. The molecule has 0 aliphatic heterocycles. The predicted octanol–water partition coefficient (Wildman–Crippen LogP) is 6.25. The van der Waals surface area contributed by atoms with Crippen molar-refractivity contribution in [1.29, 1.82) is 0 Å². The molecule has 2 aromatic heterocycles. The quantitative estimate of drug-likeness (QED) is 0.454. The van der Waals surface area contributed by atoms with Crippen molar-refractivity contribution in [3.63, 3.8) is 0 Å². The lowest BCUT2D eigenvalue weighted by Crippen LogP contribution is -1.95. The molecule has 29 heavy (non-hydrogen) atoms. The van der Waals surface area contributed by atoms with E-state index in [2.05, 4.69) is 16.9 Å². The van der Waals surface area contributed by atoms with Crippen molar-refractivity contribution < 1.29 is 9.50 Å². The van der Waals surface area contributed by atoms with Crippen LogP contribution in [0.3, 0.4) is 0 Å². The fourth-order valence-electron chi connectivity index (χ4n) is 3.64. The molecule has 0 unspecified atom stereocenters. The maximum absolute atomic E-state index is 13.2. The molecule has 3 nitrogen and oxygen atoms in total. The van der Waals surface area contributed by atoms with E-state index in [4.69, 9.17) is 0 Å². The van der Waals surface area contributed by atoms with E-state index in [1.807, 2.05) is 50.2 Å². The normalized spacial score (nSPS) is 10.9.